The molecule has 2 aromatic heterocycles. The molecule has 0 bridgehead atoms. The number of aryl methyl sites for hydroxylation is 1. The van der Waals surface area contributed by atoms with Crippen LogP contribution in [-0.4, -0.2) is 22.6 Å². The van der Waals surface area contributed by atoms with Gasteiger partial charge < -0.3 is 11.1 Å². The molecule has 18 heavy (non-hydrogen) atoms. The molecule has 0 saturated carbocycles. The van der Waals surface area contributed by atoms with Crippen LogP contribution in [0.25, 0.3) is 10.2 Å². The van der Waals surface area contributed by atoms with Crippen LogP contribution in [0.4, 0.5) is 5.82 Å². The maximum Gasteiger partial charge on any atom is 0.138 e. The van der Waals surface area contributed by atoms with E-state index >= 15 is 0 Å². The second-order valence-corrected chi connectivity index (χ2v) is 5.60. The van der Waals surface area contributed by atoms with Crippen molar-refractivity contribution in [3.8, 4) is 0 Å². The zero-order valence-electron chi connectivity index (χ0n) is 10.9. The Morgan fingerprint density at radius 3 is 3.00 bits per heavy atom. The molecule has 1 atom stereocenters. The molecular weight excluding hydrogens is 244 g/mol. The van der Waals surface area contributed by atoms with Crippen LogP contribution in [0, 0.1) is 0 Å². The van der Waals surface area contributed by atoms with Gasteiger partial charge in [0, 0.05) is 10.9 Å². The number of nitrogens with two attached hydrogens (primary N) is 1. The number of hydrogen-bond donors (Lipinski definition) is 2. The zero-order chi connectivity index (χ0) is 13.0. The zero-order valence-corrected chi connectivity index (χ0v) is 11.8. The molecule has 3 N–H and O–H groups in total. The van der Waals surface area contributed by atoms with Crippen LogP contribution in [0.3, 0.4) is 0 Å². The van der Waals surface area contributed by atoms with Gasteiger partial charge in [0.05, 0.1) is 5.39 Å². The first kappa shape index (κ1) is 13.2. The first-order valence-corrected chi connectivity index (χ1v) is 7.26. The van der Waals surface area contributed by atoms with E-state index in [1.807, 2.05) is 0 Å². The molecule has 2 rings (SSSR count). The van der Waals surface area contributed by atoms with E-state index in [0.717, 1.165) is 41.8 Å². The summed E-state index contributed by atoms with van der Waals surface area (Å²) in [6, 6.07) is 2.58. The first-order valence-electron chi connectivity index (χ1n) is 6.44. The van der Waals surface area contributed by atoms with Gasteiger partial charge in [-0.3, -0.25) is 0 Å². The molecule has 5 heteroatoms. The maximum absolute atomic E-state index is 5.53. The van der Waals surface area contributed by atoms with Crippen molar-refractivity contribution >= 4 is 27.4 Å². The van der Waals surface area contributed by atoms with E-state index in [1.54, 1.807) is 17.7 Å². The summed E-state index contributed by atoms with van der Waals surface area (Å²) in [6.45, 7) is 5.06. The fourth-order valence-corrected chi connectivity index (χ4v) is 2.86. The molecule has 1 unspecified atom stereocenters. The highest BCUT2D eigenvalue weighted by Crippen LogP contribution is 2.28. The van der Waals surface area contributed by atoms with Crippen LogP contribution in [0.2, 0.25) is 0 Å². The molecular formula is C13H20N4S. The second kappa shape index (κ2) is 6.11. The minimum atomic E-state index is 0.386. The maximum atomic E-state index is 5.53. The summed E-state index contributed by atoms with van der Waals surface area (Å²) in [5.74, 6) is 0.945. The van der Waals surface area contributed by atoms with Crippen molar-refractivity contribution in [2.75, 3.05) is 11.9 Å². The first-order chi connectivity index (χ1) is 8.74. The van der Waals surface area contributed by atoms with E-state index in [-0.39, 0.29) is 0 Å². The smallest absolute Gasteiger partial charge is 0.138 e. The van der Waals surface area contributed by atoms with Crippen LogP contribution in [0.15, 0.2) is 12.4 Å². The molecule has 0 spiro atoms. The summed E-state index contributed by atoms with van der Waals surface area (Å²) in [5.41, 5.74) is 5.53. The topological polar surface area (TPSA) is 63.8 Å². The molecule has 0 fully saturated rings. The van der Waals surface area contributed by atoms with Gasteiger partial charge in [-0.15, -0.1) is 11.3 Å². The fraction of sp³-hybridized carbons (Fsp3) is 0.538. The summed E-state index contributed by atoms with van der Waals surface area (Å²) in [7, 11) is 0. The van der Waals surface area contributed by atoms with Crippen molar-refractivity contribution in [3.63, 3.8) is 0 Å². The molecule has 2 heterocycles. The SMILES string of the molecule is CCc1cc2c(NC(C)CCCN)ncnc2s1. The van der Waals surface area contributed by atoms with Gasteiger partial charge in [-0.05, 0) is 38.8 Å². The van der Waals surface area contributed by atoms with E-state index in [0.29, 0.717) is 6.04 Å². The number of thiophene rings is 1. The van der Waals surface area contributed by atoms with Crippen LogP contribution >= 0.6 is 11.3 Å². The van der Waals surface area contributed by atoms with Crippen molar-refractivity contribution in [1.82, 2.24) is 9.97 Å². The molecule has 0 radical (unpaired) electrons. The lowest BCUT2D eigenvalue weighted by Gasteiger charge is -2.14. The third-order valence-electron chi connectivity index (χ3n) is 2.95. The average molecular weight is 264 g/mol. The third-order valence-corrected chi connectivity index (χ3v) is 4.14. The van der Waals surface area contributed by atoms with E-state index in [4.69, 9.17) is 5.73 Å². The molecule has 0 aliphatic heterocycles. The van der Waals surface area contributed by atoms with Gasteiger partial charge in [-0.2, -0.15) is 0 Å². The van der Waals surface area contributed by atoms with Gasteiger partial charge in [0.15, 0.2) is 0 Å². The molecule has 0 aliphatic rings. The van der Waals surface area contributed by atoms with Gasteiger partial charge in [-0.1, -0.05) is 6.92 Å². The van der Waals surface area contributed by atoms with Crippen LogP contribution < -0.4 is 11.1 Å². The molecule has 0 aliphatic carbocycles. The van der Waals surface area contributed by atoms with Crippen LogP contribution in [0.5, 0.6) is 0 Å². The van der Waals surface area contributed by atoms with Crippen molar-refractivity contribution < 1.29 is 0 Å². The normalized spacial score (nSPS) is 12.8. The predicted octanol–water partition coefficient (Wildman–Crippen LogP) is 2.79. The third kappa shape index (κ3) is 2.97. The van der Waals surface area contributed by atoms with Crippen molar-refractivity contribution in [1.29, 1.82) is 0 Å². The minimum Gasteiger partial charge on any atom is -0.367 e. The second-order valence-electron chi connectivity index (χ2n) is 4.48. The monoisotopic (exact) mass is 264 g/mol. The largest absolute Gasteiger partial charge is 0.367 e. The average Bonchev–Trinajstić information content (AvgIpc) is 2.80. The molecule has 2 aromatic rings. The number of hydrogen-bond acceptors (Lipinski definition) is 5. The fourth-order valence-electron chi connectivity index (χ4n) is 1.92. The predicted molar refractivity (Wildman–Crippen MR) is 78.2 cm³/mol. The van der Waals surface area contributed by atoms with Gasteiger partial charge in [0.2, 0.25) is 0 Å². The van der Waals surface area contributed by atoms with E-state index < -0.39 is 0 Å². The standard InChI is InChI=1S/C13H20N4S/c1-3-10-7-11-12(15-8-16-13(11)18-10)17-9(2)5-4-6-14/h7-9H,3-6,14H2,1-2H3,(H,15,16,17). The Morgan fingerprint density at radius 1 is 1.44 bits per heavy atom. The van der Waals surface area contributed by atoms with Gasteiger partial charge in [0.25, 0.3) is 0 Å². The van der Waals surface area contributed by atoms with Crippen LogP contribution in [0.1, 0.15) is 31.6 Å². The Hall–Kier alpha value is -1.20. The van der Waals surface area contributed by atoms with E-state index in [2.05, 4.69) is 35.2 Å². The Kier molecular flexibility index (Phi) is 4.49. The van der Waals surface area contributed by atoms with Crippen molar-refractivity contribution in [2.45, 2.75) is 39.2 Å². The quantitative estimate of drug-likeness (QED) is 0.842. The summed E-state index contributed by atoms with van der Waals surface area (Å²) >= 11 is 1.75. The van der Waals surface area contributed by atoms with Crippen LogP contribution in [-0.2, 0) is 6.42 Å². The lowest BCUT2D eigenvalue weighted by Crippen LogP contribution is -2.17. The number of anilines is 1. The number of rotatable bonds is 6. The number of aromatic nitrogens is 2. The van der Waals surface area contributed by atoms with Crippen molar-refractivity contribution in [2.24, 2.45) is 5.73 Å². The number of fused-ring (bicyclic) bond motifs is 1. The van der Waals surface area contributed by atoms with Gasteiger partial charge in [0.1, 0.15) is 17.0 Å². The van der Waals surface area contributed by atoms with Gasteiger partial charge >= 0.3 is 0 Å². The van der Waals surface area contributed by atoms with Gasteiger partial charge in [-0.25, -0.2) is 9.97 Å². The highest BCUT2D eigenvalue weighted by atomic mass is 32.1. The number of nitrogens with one attached hydrogen (secondary N) is 1. The molecule has 0 saturated heterocycles. The molecule has 98 valence electrons. The minimum absolute atomic E-state index is 0.386. The Balaban J connectivity index is 2.19. The lowest BCUT2D eigenvalue weighted by molar-refractivity contribution is 0.661. The molecule has 0 aromatic carbocycles. The lowest BCUT2D eigenvalue weighted by atomic mass is 10.2. The summed E-state index contributed by atoms with van der Waals surface area (Å²) < 4.78 is 0. The van der Waals surface area contributed by atoms with E-state index in [1.165, 1.54) is 4.88 Å². The molecule has 0 amide bonds. The molecule has 4 nitrogen and oxygen atoms in total. The highest BCUT2D eigenvalue weighted by molar-refractivity contribution is 7.18. The summed E-state index contributed by atoms with van der Waals surface area (Å²) in [4.78, 5) is 11.1. The highest BCUT2D eigenvalue weighted by Gasteiger charge is 2.10. The van der Waals surface area contributed by atoms with Crippen molar-refractivity contribution in [3.05, 3.63) is 17.3 Å². The number of nitrogens with zero attached hydrogens (tertiary/aromatic N) is 2. The van der Waals surface area contributed by atoms with E-state index in [9.17, 15) is 0 Å². The Morgan fingerprint density at radius 2 is 2.28 bits per heavy atom. The summed E-state index contributed by atoms with van der Waals surface area (Å²) in [5, 5.41) is 4.60. The summed E-state index contributed by atoms with van der Waals surface area (Å²) in [6.07, 6.45) is 4.78. The Bertz CT molecular complexity index is 509. The Labute approximate surface area is 112 Å².